The van der Waals surface area contributed by atoms with Crippen molar-refractivity contribution in [2.45, 2.75) is 26.0 Å². The highest BCUT2D eigenvalue weighted by Gasteiger charge is 1.98. The molecule has 0 saturated carbocycles. The second kappa shape index (κ2) is 5.67. The van der Waals surface area contributed by atoms with Gasteiger partial charge in [0.2, 0.25) is 0 Å². The van der Waals surface area contributed by atoms with Gasteiger partial charge in [-0.25, -0.2) is 0 Å². The first-order valence-electron chi connectivity index (χ1n) is 4.60. The molecule has 3 heteroatoms. The van der Waals surface area contributed by atoms with Gasteiger partial charge in [-0.1, -0.05) is 6.92 Å². The van der Waals surface area contributed by atoms with Gasteiger partial charge in [0, 0.05) is 25.5 Å². The van der Waals surface area contributed by atoms with Gasteiger partial charge in [-0.15, -0.1) is 0 Å². The van der Waals surface area contributed by atoms with E-state index >= 15 is 0 Å². The minimum atomic E-state index is -0.234. The molecule has 0 aliphatic carbocycles. The molecule has 1 atom stereocenters. The molecule has 0 spiro atoms. The monoisotopic (exact) mass is 180 g/mol. The van der Waals surface area contributed by atoms with Gasteiger partial charge in [0.05, 0.1) is 6.10 Å². The largest absolute Gasteiger partial charge is 0.392 e. The van der Waals surface area contributed by atoms with Crippen LogP contribution in [-0.2, 0) is 6.54 Å². The quantitative estimate of drug-likeness (QED) is 0.709. The lowest BCUT2D eigenvalue weighted by atomic mass is 10.2. The van der Waals surface area contributed by atoms with Crippen LogP contribution < -0.4 is 5.32 Å². The normalized spacial score (nSPS) is 12.8. The fraction of sp³-hybridized carbons (Fsp3) is 0.500. The van der Waals surface area contributed by atoms with Crippen LogP contribution in [-0.4, -0.2) is 22.7 Å². The van der Waals surface area contributed by atoms with Gasteiger partial charge in [0.1, 0.15) is 0 Å². The molecule has 72 valence electrons. The van der Waals surface area contributed by atoms with Crippen molar-refractivity contribution in [1.82, 2.24) is 10.3 Å². The lowest BCUT2D eigenvalue weighted by Gasteiger charge is -2.08. The molecule has 0 fully saturated rings. The number of pyridine rings is 1. The van der Waals surface area contributed by atoms with Crippen LogP contribution in [0.4, 0.5) is 0 Å². The Bertz CT molecular complexity index is 226. The summed E-state index contributed by atoms with van der Waals surface area (Å²) in [5.74, 6) is 0. The Balaban J connectivity index is 2.20. The summed E-state index contributed by atoms with van der Waals surface area (Å²) in [7, 11) is 0. The van der Waals surface area contributed by atoms with E-state index in [1.807, 2.05) is 19.1 Å². The van der Waals surface area contributed by atoms with E-state index in [0.717, 1.165) is 13.0 Å². The summed E-state index contributed by atoms with van der Waals surface area (Å²) < 4.78 is 0. The standard InChI is InChI=1S/C10H16N2O/c1-2-10(13)8-12-7-9-3-5-11-6-4-9/h3-6,10,12-13H,2,7-8H2,1H3. The summed E-state index contributed by atoms with van der Waals surface area (Å²) >= 11 is 0. The first-order valence-corrected chi connectivity index (χ1v) is 4.60. The molecule has 0 radical (unpaired) electrons. The minimum Gasteiger partial charge on any atom is -0.392 e. The van der Waals surface area contributed by atoms with Crippen LogP contribution in [0.5, 0.6) is 0 Å². The second-order valence-electron chi connectivity index (χ2n) is 3.05. The molecule has 1 unspecified atom stereocenters. The molecule has 0 saturated heterocycles. The molecule has 2 N–H and O–H groups in total. The summed E-state index contributed by atoms with van der Waals surface area (Å²) in [6, 6.07) is 3.93. The number of aromatic nitrogens is 1. The minimum absolute atomic E-state index is 0.234. The summed E-state index contributed by atoms with van der Waals surface area (Å²) in [6.45, 7) is 3.41. The van der Waals surface area contributed by atoms with Crippen molar-refractivity contribution in [2.75, 3.05) is 6.54 Å². The van der Waals surface area contributed by atoms with Crippen LogP contribution in [0.1, 0.15) is 18.9 Å². The van der Waals surface area contributed by atoms with Crippen molar-refractivity contribution in [1.29, 1.82) is 0 Å². The van der Waals surface area contributed by atoms with Crippen molar-refractivity contribution >= 4 is 0 Å². The van der Waals surface area contributed by atoms with Gasteiger partial charge < -0.3 is 10.4 Å². The molecule has 0 bridgehead atoms. The molecule has 0 amide bonds. The molecule has 1 aromatic heterocycles. The van der Waals surface area contributed by atoms with Gasteiger partial charge in [-0.3, -0.25) is 4.98 Å². The van der Waals surface area contributed by atoms with Gasteiger partial charge in [-0.2, -0.15) is 0 Å². The maximum absolute atomic E-state index is 9.26. The van der Waals surface area contributed by atoms with Crippen molar-refractivity contribution < 1.29 is 5.11 Å². The van der Waals surface area contributed by atoms with E-state index in [0.29, 0.717) is 6.54 Å². The molecule has 0 aliphatic heterocycles. The third kappa shape index (κ3) is 4.01. The molecule has 13 heavy (non-hydrogen) atoms. The summed E-state index contributed by atoms with van der Waals surface area (Å²) in [4.78, 5) is 3.93. The van der Waals surface area contributed by atoms with E-state index in [4.69, 9.17) is 0 Å². The Labute approximate surface area is 78.8 Å². The number of nitrogens with zero attached hydrogens (tertiary/aromatic N) is 1. The van der Waals surface area contributed by atoms with E-state index < -0.39 is 0 Å². The lowest BCUT2D eigenvalue weighted by Crippen LogP contribution is -2.25. The van der Waals surface area contributed by atoms with Crippen molar-refractivity contribution in [2.24, 2.45) is 0 Å². The Morgan fingerprint density at radius 3 is 2.77 bits per heavy atom. The Hall–Kier alpha value is -0.930. The first kappa shape index (κ1) is 10.2. The maximum atomic E-state index is 9.26. The molecular formula is C10H16N2O. The molecule has 1 heterocycles. The van der Waals surface area contributed by atoms with Crippen LogP contribution >= 0.6 is 0 Å². The predicted octanol–water partition coefficient (Wildman–Crippen LogP) is 0.942. The van der Waals surface area contributed by atoms with Crippen LogP contribution in [0, 0.1) is 0 Å². The van der Waals surface area contributed by atoms with Gasteiger partial charge in [0.15, 0.2) is 0 Å². The van der Waals surface area contributed by atoms with Crippen LogP contribution in [0.2, 0.25) is 0 Å². The average molecular weight is 180 g/mol. The summed E-state index contributed by atoms with van der Waals surface area (Å²) in [5, 5.41) is 12.4. The highest BCUT2D eigenvalue weighted by atomic mass is 16.3. The molecule has 1 aromatic rings. The van der Waals surface area contributed by atoms with E-state index in [1.165, 1.54) is 5.56 Å². The summed E-state index contributed by atoms with van der Waals surface area (Å²) in [6.07, 6.45) is 4.10. The first-order chi connectivity index (χ1) is 6.33. The number of aliphatic hydroxyl groups is 1. The second-order valence-corrected chi connectivity index (χ2v) is 3.05. The van der Waals surface area contributed by atoms with Gasteiger partial charge in [0.25, 0.3) is 0 Å². The SMILES string of the molecule is CCC(O)CNCc1ccncc1. The van der Waals surface area contributed by atoms with E-state index in [9.17, 15) is 5.11 Å². The Morgan fingerprint density at radius 2 is 2.15 bits per heavy atom. The smallest absolute Gasteiger partial charge is 0.0662 e. The van der Waals surface area contributed by atoms with Gasteiger partial charge >= 0.3 is 0 Å². The zero-order valence-electron chi connectivity index (χ0n) is 7.90. The predicted molar refractivity (Wildman–Crippen MR) is 52.2 cm³/mol. The zero-order valence-corrected chi connectivity index (χ0v) is 7.90. The number of nitrogens with one attached hydrogen (secondary N) is 1. The summed E-state index contributed by atoms with van der Waals surface area (Å²) in [5.41, 5.74) is 1.19. The van der Waals surface area contributed by atoms with Crippen molar-refractivity contribution in [3.8, 4) is 0 Å². The number of rotatable bonds is 5. The molecule has 1 rings (SSSR count). The van der Waals surface area contributed by atoms with E-state index in [-0.39, 0.29) is 6.10 Å². The molecular weight excluding hydrogens is 164 g/mol. The Morgan fingerprint density at radius 1 is 1.46 bits per heavy atom. The Kier molecular flexibility index (Phi) is 4.43. The van der Waals surface area contributed by atoms with Crippen molar-refractivity contribution in [3.63, 3.8) is 0 Å². The van der Waals surface area contributed by atoms with Crippen LogP contribution in [0.15, 0.2) is 24.5 Å². The van der Waals surface area contributed by atoms with Crippen LogP contribution in [0.3, 0.4) is 0 Å². The third-order valence-electron chi connectivity index (χ3n) is 1.93. The maximum Gasteiger partial charge on any atom is 0.0662 e. The highest BCUT2D eigenvalue weighted by Crippen LogP contribution is 1.95. The number of aliphatic hydroxyl groups excluding tert-OH is 1. The highest BCUT2D eigenvalue weighted by molar-refractivity contribution is 5.08. The van der Waals surface area contributed by atoms with E-state index in [2.05, 4.69) is 10.3 Å². The van der Waals surface area contributed by atoms with Gasteiger partial charge in [-0.05, 0) is 24.1 Å². The average Bonchev–Trinajstić information content (AvgIpc) is 2.19. The number of hydrogen-bond acceptors (Lipinski definition) is 3. The number of hydrogen-bond donors (Lipinski definition) is 2. The zero-order chi connectivity index (χ0) is 9.52. The fourth-order valence-electron chi connectivity index (χ4n) is 1.03. The van der Waals surface area contributed by atoms with Crippen LogP contribution in [0.25, 0.3) is 0 Å². The topological polar surface area (TPSA) is 45.1 Å². The third-order valence-corrected chi connectivity index (χ3v) is 1.93. The lowest BCUT2D eigenvalue weighted by molar-refractivity contribution is 0.167. The molecule has 0 aromatic carbocycles. The molecule has 0 aliphatic rings. The van der Waals surface area contributed by atoms with E-state index in [1.54, 1.807) is 12.4 Å². The van der Waals surface area contributed by atoms with Crippen molar-refractivity contribution in [3.05, 3.63) is 30.1 Å². The fourth-order valence-corrected chi connectivity index (χ4v) is 1.03. The molecule has 3 nitrogen and oxygen atoms in total.